The van der Waals surface area contributed by atoms with Gasteiger partial charge in [0.05, 0.1) is 12.6 Å². The molecule has 0 heterocycles. The van der Waals surface area contributed by atoms with Crippen LogP contribution in [0.4, 0.5) is 0 Å². The van der Waals surface area contributed by atoms with Gasteiger partial charge in [-0.3, -0.25) is 4.99 Å². The number of aliphatic hydroxyl groups is 1. The van der Waals surface area contributed by atoms with Crippen LogP contribution in [0.25, 0.3) is 0 Å². The van der Waals surface area contributed by atoms with Gasteiger partial charge in [0.2, 0.25) is 0 Å². The molecule has 0 saturated carbocycles. The number of nitrogens with two attached hydrogens (primary N) is 1. The lowest BCUT2D eigenvalue weighted by Gasteiger charge is -2.09. The van der Waals surface area contributed by atoms with Crippen LogP contribution < -0.4 is 11.1 Å². The van der Waals surface area contributed by atoms with Crippen molar-refractivity contribution in [1.29, 1.82) is 0 Å². The van der Waals surface area contributed by atoms with E-state index in [4.69, 9.17) is 5.73 Å². The van der Waals surface area contributed by atoms with E-state index in [2.05, 4.69) is 29.4 Å². The number of unbranched alkanes of at least 4 members (excludes halogenated alkanes) is 3. The van der Waals surface area contributed by atoms with Crippen LogP contribution in [0, 0.1) is 0 Å². The number of benzene rings is 1. The summed E-state index contributed by atoms with van der Waals surface area (Å²) >= 11 is 0. The molecule has 0 spiro atoms. The fourth-order valence-corrected chi connectivity index (χ4v) is 2.14. The predicted octanol–water partition coefficient (Wildman–Crippen LogP) is 2.46. The third kappa shape index (κ3) is 9.08. The maximum absolute atomic E-state index is 9.81. The first-order valence-electron chi connectivity index (χ1n) is 7.98. The van der Waals surface area contributed by atoms with E-state index in [1.165, 1.54) is 24.8 Å². The molecular weight excluding hydrogens is 262 g/mol. The normalized spacial score (nSPS) is 13.1. The molecule has 4 nitrogen and oxygen atoms in total. The van der Waals surface area contributed by atoms with E-state index in [1.54, 1.807) is 0 Å². The van der Waals surface area contributed by atoms with Crippen molar-refractivity contribution < 1.29 is 5.11 Å². The van der Waals surface area contributed by atoms with Gasteiger partial charge in [-0.1, -0.05) is 62.9 Å². The molecule has 0 amide bonds. The van der Waals surface area contributed by atoms with Crippen LogP contribution in [0.5, 0.6) is 0 Å². The molecule has 0 aromatic heterocycles. The molecule has 1 aromatic carbocycles. The quantitative estimate of drug-likeness (QED) is 0.352. The molecule has 0 aliphatic heterocycles. The molecule has 0 bridgehead atoms. The molecule has 21 heavy (non-hydrogen) atoms. The van der Waals surface area contributed by atoms with Crippen molar-refractivity contribution in [3.05, 3.63) is 35.9 Å². The van der Waals surface area contributed by atoms with Crippen LogP contribution in [-0.4, -0.2) is 30.3 Å². The molecule has 0 radical (unpaired) electrons. The summed E-state index contributed by atoms with van der Waals surface area (Å²) in [6.45, 7) is 3.32. The molecule has 1 atom stereocenters. The minimum absolute atomic E-state index is 0.378. The fraction of sp³-hybridized carbons (Fsp3) is 0.588. The molecule has 0 aliphatic rings. The molecular formula is C17H29N3O. The Balaban J connectivity index is 2.12. The smallest absolute Gasteiger partial charge is 0.188 e. The second-order valence-corrected chi connectivity index (χ2v) is 5.39. The van der Waals surface area contributed by atoms with Crippen LogP contribution in [-0.2, 0) is 6.42 Å². The number of guanidine groups is 1. The van der Waals surface area contributed by atoms with Gasteiger partial charge in [-0.15, -0.1) is 0 Å². The Labute approximate surface area is 128 Å². The molecule has 4 heteroatoms. The van der Waals surface area contributed by atoms with Gasteiger partial charge in [-0.2, -0.15) is 0 Å². The van der Waals surface area contributed by atoms with E-state index in [-0.39, 0.29) is 6.10 Å². The van der Waals surface area contributed by atoms with Gasteiger partial charge >= 0.3 is 0 Å². The van der Waals surface area contributed by atoms with Crippen molar-refractivity contribution in [3.8, 4) is 0 Å². The van der Waals surface area contributed by atoms with Gasteiger partial charge in [0, 0.05) is 6.54 Å². The number of nitrogens with one attached hydrogen (secondary N) is 1. The SMILES string of the molecule is CCCCCCC(O)CN=C(N)NCCc1ccccc1. The van der Waals surface area contributed by atoms with E-state index in [1.807, 2.05) is 18.2 Å². The molecule has 4 N–H and O–H groups in total. The highest BCUT2D eigenvalue weighted by atomic mass is 16.3. The summed E-state index contributed by atoms with van der Waals surface area (Å²) in [6, 6.07) is 10.3. The Hall–Kier alpha value is -1.55. The summed E-state index contributed by atoms with van der Waals surface area (Å²) < 4.78 is 0. The Morgan fingerprint density at radius 1 is 1.24 bits per heavy atom. The molecule has 1 unspecified atom stereocenters. The van der Waals surface area contributed by atoms with Gasteiger partial charge < -0.3 is 16.2 Å². The largest absolute Gasteiger partial charge is 0.391 e. The van der Waals surface area contributed by atoms with E-state index in [0.717, 1.165) is 25.8 Å². The number of rotatable bonds is 10. The van der Waals surface area contributed by atoms with Crippen LogP contribution in [0.3, 0.4) is 0 Å². The van der Waals surface area contributed by atoms with E-state index in [0.29, 0.717) is 12.5 Å². The lowest BCUT2D eigenvalue weighted by Crippen LogP contribution is -2.34. The highest BCUT2D eigenvalue weighted by Gasteiger charge is 2.03. The van der Waals surface area contributed by atoms with Gasteiger partial charge in [0.15, 0.2) is 5.96 Å². The number of aliphatic imine (C=N–C) groups is 1. The zero-order valence-corrected chi connectivity index (χ0v) is 13.1. The van der Waals surface area contributed by atoms with E-state index < -0.39 is 0 Å². The number of hydrogen-bond donors (Lipinski definition) is 3. The molecule has 1 rings (SSSR count). The minimum atomic E-state index is -0.378. The highest BCUT2D eigenvalue weighted by molar-refractivity contribution is 5.77. The van der Waals surface area contributed by atoms with Crippen molar-refractivity contribution in [2.75, 3.05) is 13.1 Å². The van der Waals surface area contributed by atoms with Crippen LogP contribution in [0.1, 0.15) is 44.6 Å². The summed E-state index contributed by atoms with van der Waals surface area (Å²) in [5.41, 5.74) is 7.06. The first kappa shape index (κ1) is 17.5. The summed E-state index contributed by atoms with van der Waals surface area (Å²) in [4.78, 5) is 4.19. The molecule has 0 aliphatic carbocycles. The van der Waals surface area contributed by atoms with Gasteiger partial charge in [0.1, 0.15) is 0 Å². The Kier molecular flexibility index (Phi) is 9.29. The number of hydrogen-bond acceptors (Lipinski definition) is 2. The zero-order valence-electron chi connectivity index (χ0n) is 13.1. The van der Waals surface area contributed by atoms with Crippen molar-refractivity contribution in [3.63, 3.8) is 0 Å². The summed E-state index contributed by atoms with van der Waals surface area (Å²) in [6.07, 6.45) is 6.04. The number of nitrogens with zero attached hydrogens (tertiary/aromatic N) is 1. The third-order valence-electron chi connectivity index (χ3n) is 3.43. The lowest BCUT2D eigenvalue weighted by molar-refractivity contribution is 0.169. The predicted molar refractivity (Wildman–Crippen MR) is 89.4 cm³/mol. The Morgan fingerprint density at radius 3 is 2.71 bits per heavy atom. The molecule has 118 valence electrons. The maximum Gasteiger partial charge on any atom is 0.188 e. The Bertz CT molecular complexity index is 392. The van der Waals surface area contributed by atoms with Crippen LogP contribution in [0.2, 0.25) is 0 Å². The standard InChI is InChI=1S/C17H29N3O/c1-2-3-4-8-11-16(21)14-20-17(18)19-13-12-15-9-6-5-7-10-15/h5-7,9-10,16,21H,2-4,8,11-14H2,1H3,(H3,18,19,20). The number of aliphatic hydroxyl groups excluding tert-OH is 1. The monoisotopic (exact) mass is 291 g/mol. The Morgan fingerprint density at radius 2 is 2.00 bits per heavy atom. The van der Waals surface area contributed by atoms with Crippen molar-refractivity contribution >= 4 is 5.96 Å². The van der Waals surface area contributed by atoms with Gasteiger partial charge in [0.25, 0.3) is 0 Å². The van der Waals surface area contributed by atoms with Crippen molar-refractivity contribution in [1.82, 2.24) is 5.32 Å². The maximum atomic E-state index is 9.81. The topological polar surface area (TPSA) is 70.6 Å². The molecule has 0 fully saturated rings. The lowest BCUT2D eigenvalue weighted by atomic mass is 10.1. The first-order valence-corrected chi connectivity index (χ1v) is 7.98. The zero-order chi connectivity index (χ0) is 15.3. The van der Waals surface area contributed by atoms with Gasteiger partial charge in [-0.25, -0.2) is 0 Å². The van der Waals surface area contributed by atoms with Crippen molar-refractivity contribution in [2.24, 2.45) is 10.7 Å². The second-order valence-electron chi connectivity index (χ2n) is 5.39. The highest BCUT2D eigenvalue weighted by Crippen LogP contribution is 2.05. The summed E-state index contributed by atoms with van der Waals surface area (Å²) in [5, 5.41) is 12.9. The average Bonchev–Trinajstić information content (AvgIpc) is 2.50. The first-order chi connectivity index (χ1) is 10.2. The summed E-state index contributed by atoms with van der Waals surface area (Å²) in [7, 11) is 0. The minimum Gasteiger partial charge on any atom is -0.391 e. The second kappa shape index (κ2) is 11.1. The summed E-state index contributed by atoms with van der Waals surface area (Å²) in [5.74, 6) is 0.415. The molecule has 1 aromatic rings. The van der Waals surface area contributed by atoms with Crippen molar-refractivity contribution in [2.45, 2.75) is 51.6 Å². The fourth-order valence-electron chi connectivity index (χ4n) is 2.14. The average molecular weight is 291 g/mol. The molecule has 0 saturated heterocycles. The van der Waals surface area contributed by atoms with Gasteiger partial charge in [-0.05, 0) is 18.4 Å². The van der Waals surface area contributed by atoms with E-state index >= 15 is 0 Å². The third-order valence-corrected chi connectivity index (χ3v) is 3.43. The van der Waals surface area contributed by atoms with Crippen LogP contribution >= 0.6 is 0 Å². The van der Waals surface area contributed by atoms with E-state index in [9.17, 15) is 5.11 Å². The van der Waals surface area contributed by atoms with Crippen LogP contribution in [0.15, 0.2) is 35.3 Å².